The molecular weight excluding hydrogens is 450 g/mol. The van der Waals surface area contributed by atoms with Crippen LogP contribution >= 0.6 is 0 Å². The number of hydrogen-bond donors (Lipinski definition) is 1. The first-order chi connectivity index (χ1) is 17.5. The van der Waals surface area contributed by atoms with Crippen molar-refractivity contribution in [2.45, 2.75) is 63.2 Å². The summed E-state index contributed by atoms with van der Waals surface area (Å²) >= 11 is 0. The van der Waals surface area contributed by atoms with Gasteiger partial charge >= 0.3 is 0 Å². The Bertz CT molecular complexity index is 1040. The molecule has 0 aromatic heterocycles. The van der Waals surface area contributed by atoms with Crippen molar-refractivity contribution in [1.82, 2.24) is 5.32 Å². The van der Waals surface area contributed by atoms with Gasteiger partial charge in [-0.1, -0.05) is 67.6 Å². The zero-order valence-electron chi connectivity index (χ0n) is 21.5. The van der Waals surface area contributed by atoms with Crippen molar-refractivity contribution in [1.29, 1.82) is 0 Å². The fourth-order valence-electron chi connectivity index (χ4n) is 7.51. The standard InChI is InChI=1S/C31H39NO4/c1-21-20-31-25(15-9-17-32-31)24(19-27(33)26(31)16-10-18-35-2)29(21)36-30(23-13-7-4-8-14-23)28(34)22-11-5-3-6-12-22/h3-8,11-14,21,24-26,29-30,32H,9-10,15-20H2,1-2H3/t21-,24-,25+,26+,29+,30?,31+/m0/s1. The van der Waals surface area contributed by atoms with Crippen molar-refractivity contribution in [2.75, 3.05) is 20.3 Å². The summed E-state index contributed by atoms with van der Waals surface area (Å²) < 4.78 is 12.2. The van der Waals surface area contributed by atoms with Gasteiger partial charge in [-0.2, -0.15) is 0 Å². The minimum atomic E-state index is -0.681. The zero-order valence-corrected chi connectivity index (χ0v) is 21.5. The normalized spacial score (nSPS) is 32.5. The Hall–Kier alpha value is -2.34. The summed E-state index contributed by atoms with van der Waals surface area (Å²) in [5.41, 5.74) is 1.37. The number of Topliss-reactive ketones (excluding diaryl/α,β-unsaturated/α-hetero) is 2. The number of piperidine rings is 1. The molecule has 0 amide bonds. The van der Waals surface area contributed by atoms with Crippen LogP contribution in [0, 0.1) is 23.7 Å². The number of ketones is 2. The highest BCUT2D eigenvalue weighted by molar-refractivity contribution is 6.00. The van der Waals surface area contributed by atoms with Gasteiger partial charge in [0.05, 0.1) is 6.10 Å². The number of carbonyl (C=O) groups excluding carboxylic acids is 2. The van der Waals surface area contributed by atoms with Gasteiger partial charge in [-0.15, -0.1) is 0 Å². The van der Waals surface area contributed by atoms with Gasteiger partial charge in [0.15, 0.2) is 5.78 Å². The van der Waals surface area contributed by atoms with Crippen LogP contribution in [0.4, 0.5) is 0 Å². The maximum atomic E-state index is 13.7. The third-order valence-electron chi connectivity index (χ3n) is 8.95. The summed E-state index contributed by atoms with van der Waals surface area (Å²) in [6.07, 6.45) is 4.65. The topological polar surface area (TPSA) is 64.6 Å². The third-order valence-corrected chi connectivity index (χ3v) is 8.95. The minimum Gasteiger partial charge on any atom is -0.385 e. The Morgan fingerprint density at radius 2 is 1.83 bits per heavy atom. The SMILES string of the molecule is COCCC[C@@H]1C(=O)C[C@@H]2[C@H](OC(C(=O)c3ccccc3)c3ccccc3)[C@@H](C)C[C@]13NCCC[C@H]23. The predicted octanol–water partition coefficient (Wildman–Crippen LogP) is 5.41. The molecule has 5 rings (SSSR count). The second kappa shape index (κ2) is 11.0. The van der Waals surface area contributed by atoms with E-state index in [0.29, 0.717) is 30.3 Å². The maximum absolute atomic E-state index is 13.7. The van der Waals surface area contributed by atoms with Crippen LogP contribution in [0.3, 0.4) is 0 Å². The average molecular weight is 490 g/mol. The molecule has 3 fully saturated rings. The van der Waals surface area contributed by atoms with E-state index in [2.05, 4.69) is 12.2 Å². The van der Waals surface area contributed by atoms with Crippen molar-refractivity contribution in [3.05, 3.63) is 71.8 Å². The molecule has 2 bridgehead atoms. The molecule has 1 aliphatic heterocycles. The number of nitrogens with one attached hydrogen (secondary N) is 1. The number of methoxy groups -OCH3 is 1. The van der Waals surface area contributed by atoms with Crippen LogP contribution in [-0.2, 0) is 14.3 Å². The van der Waals surface area contributed by atoms with E-state index in [-0.39, 0.29) is 35.2 Å². The first-order valence-electron chi connectivity index (χ1n) is 13.6. The molecular formula is C31H39NO4. The lowest BCUT2D eigenvalue weighted by atomic mass is 9.49. The molecule has 2 aliphatic carbocycles. The van der Waals surface area contributed by atoms with E-state index in [9.17, 15) is 9.59 Å². The Morgan fingerprint density at radius 1 is 1.11 bits per heavy atom. The summed E-state index contributed by atoms with van der Waals surface area (Å²) in [5.74, 6) is 1.13. The second-order valence-electron chi connectivity index (χ2n) is 11.0. The van der Waals surface area contributed by atoms with Crippen LogP contribution in [0.15, 0.2) is 60.7 Å². The van der Waals surface area contributed by atoms with Gasteiger partial charge in [0.1, 0.15) is 11.9 Å². The molecule has 2 aromatic carbocycles. The highest BCUT2D eigenvalue weighted by atomic mass is 16.5. The number of hydrogen-bond acceptors (Lipinski definition) is 5. The molecule has 3 aliphatic rings. The second-order valence-corrected chi connectivity index (χ2v) is 11.0. The molecule has 1 unspecified atom stereocenters. The first kappa shape index (κ1) is 25.3. The minimum absolute atomic E-state index is 0.0211. The van der Waals surface area contributed by atoms with Crippen LogP contribution < -0.4 is 5.32 Å². The van der Waals surface area contributed by atoms with Crippen LogP contribution in [0.2, 0.25) is 0 Å². The van der Waals surface area contributed by atoms with Crippen LogP contribution in [0.5, 0.6) is 0 Å². The van der Waals surface area contributed by atoms with Gasteiger partial charge in [-0.25, -0.2) is 0 Å². The maximum Gasteiger partial charge on any atom is 0.196 e. The molecule has 1 N–H and O–H groups in total. The molecule has 5 nitrogen and oxygen atoms in total. The molecule has 192 valence electrons. The van der Waals surface area contributed by atoms with Crippen molar-refractivity contribution < 1.29 is 19.1 Å². The van der Waals surface area contributed by atoms with Gasteiger partial charge in [-0.3, -0.25) is 9.59 Å². The summed E-state index contributed by atoms with van der Waals surface area (Å²) in [7, 11) is 1.73. The predicted molar refractivity (Wildman–Crippen MR) is 140 cm³/mol. The number of carbonyl (C=O) groups is 2. The van der Waals surface area contributed by atoms with Crippen molar-refractivity contribution in [3.63, 3.8) is 0 Å². The van der Waals surface area contributed by atoms with E-state index in [1.54, 1.807) is 7.11 Å². The van der Waals surface area contributed by atoms with Crippen molar-refractivity contribution >= 4 is 11.6 Å². The fraction of sp³-hybridized carbons (Fsp3) is 0.548. The fourth-order valence-corrected chi connectivity index (χ4v) is 7.51. The van der Waals surface area contributed by atoms with Gasteiger partial charge in [0.25, 0.3) is 0 Å². The van der Waals surface area contributed by atoms with E-state index in [1.807, 2.05) is 60.7 Å². The van der Waals surface area contributed by atoms with E-state index in [0.717, 1.165) is 44.2 Å². The first-order valence-corrected chi connectivity index (χ1v) is 13.6. The van der Waals surface area contributed by atoms with E-state index in [4.69, 9.17) is 9.47 Å². The Balaban J connectivity index is 1.45. The van der Waals surface area contributed by atoms with E-state index >= 15 is 0 Å². The molecule has 0 radical (unpaired) electrons. The highest BCUT2D eigenvalue weighted by Crippen LogP contribution is 2.56. The molecule has 1 heterocycles. The Morgan fingerprint density at radius 3 is 2.56 bits per heavy atom. The Labute approximate surface area is 215 Å². The number of rotatable bonds is 9. The van der Waals surface area contributed by atoms with E-state index in [1.165, 1.54) is 0 Å². The summed E-state index contributed by atoms with van der Waals surface area (Å²) in [6.45, 7) is 3.91. The number of benzene rings is 2. The third kappa shape index (κ3) is 4.69. The zero-order chi connectivity index (χ0) is 25.1. The van der Waals surface area contributed by atoms with Crippen molar-refractivity contribution in [2.24, 2.45) is 23.7 Å². The Kier molecular flexibility index (Phi) is 7.71. The smallest absolute Gasteiger partial charge is 0.196 e. The van der Waals surface area contributed by atoms with Gasteiger partial charge in [0.2, 0.25) is 0 Å². The molecule has 5 heteroatoms. The molecule has 36 heavy (non-hydrogen) atoms. The average Bonchev–Trinajstić information content (AvgIpc) is 2.91. The van der Waals surface area contributed by atoms with Gasteiger partial charge in [-0.05, 0) is 62.0 Å². The molecule has 2 saturated carbocycles. The monoisotopic (exact) mass is 489 g/mol. The summed E-state index contributed by atoms with van der Waals surface area (Å²) in [4.78, 5) is 27.3. The van der Waals surface area contributed by atoms with Crippen LogP contribution in [0.25, 0.3) is 0 Å². The molecule has 7 atom stereocenters. The van der Waals surface area contributed by atoms with E-state index < -0.39 is 6.10 Å². The van der Waals surface area contributed by atoms with Gasteiger partial charge in [0, 0.05) is 37.2 Å². The lowest BCUT2D eigenvalue weighted by Gasteiger charge is -2.62. The highest BCUT2D eigenvalue weighted by Gasteiger charge is 2.61. The largest absolute Gasteiger partial charge is 0.385 e. The number of ether oxygens (including phenoxy) is 2. The molecule has 1 saturated heterocycles. The molecule has 2 aromatic rings. The molecule has 0 spiro atoms. The summed E-state index contributed by atoms with van der Waals surface area (Å²) in [5, 5.41) is 3.87. The van der Waals surface area contributed by atoms with Crippen molar-refractivity contribution in [3.8, 4) is 0 Å². The van der Waals surface area contributed by atoms with Crippen LogP contribution in [-0.4, -0.2) is 43.5 Å². The quantitative estimate of drug-likeness (QED) is 0.377. The lowest BCUT2D eigenvalue weighted by Crippen LogP contribution is -2.71. The summed E-state index contributed by atoms with van der Waals surface area (Å²) in [6, 6.07) is 19.2. The van der Waals surface area contributed by atoms with Gasteiger partial charge < -0.3 is 14.8 Å². The van der Waals surface area contributed by atoms with Crippen LogP contribution in [0.1, 0.15) is 67.5 Å². The lowest BCUT2D eigenvalue weighted by molar-refractivity contribution is -0.171.